The van der Waals surface area contributed by atoms with E-state index in [9.17, 15) is 4.79 Å². The lowest BCUT2D eigenvalue weighted by Crippen LogP contribution is -1.93. The number of nitrogen functional groups attached to an aromatic ring is 1. The van der Waals surface area contributed by atoms with Crippen molar-refractivity contribution in [1.82, 2.24) is 9.97 Å². The van der Waals surface area contributed by atoms with Crippen LogP contribution in [-0.2, 0) is 0 Å². The van der Waals surface area contributed by atoms with Gasteiger partial charge in [0, 0.05) is 24.4 Å². The van der Waals surface area contributed by atoms with Crippen LogP contribution in [0.2, 0.25) is 5.02 Å². The van der Waals surface area contributed by atoms with Gasteiger partial charge in [0.1, 0.15) is 5.75 Å². The first kappa shape index (κ1) is 11.6. The van der Waals surface area contributed by atoms with E-state index in [0.29, 0.717) is 33.3 Å². The molecule has 2 heterocycles. The highest BCUT2D eigenvalue weighted by molar-refractivity contribution is 6.30. The van der Waals surface area contributed by atoms with Crippen LogP contribution in [0.25, 0.3) is 11.1 Å². The Kier molecular flexibility index (Phi) is 2.64. The van der Waals surface area contributed by atoms with Crippen molar-refractivity contribution in [2.24, 2.45) is 0 Å². The van der Waals surface area contributed by atoms with Gasteiger partial charge in [-0.25, -0.2) is 4.79 Å². The molecule has 0 amide bonds. The summed E-state index contributed by atoms with van der Waals surface area (Å²) in [5, 5.41) is 0.453. The molecule has 6 nitrogen and oxygen atoms in total. The number of aromatic nitrogens is 2. The van der Waals surface area contributed by atoms with Crippen molar-refractivity contribution < 1.29 is 9.15 Å². The van der Waals surface area contributed by atoms with Crippen molar-refractivity contribution in [3.63, 3.8) is 0 Å². The van der Waals surface area contributed by atoms with E-state index in [1.807, 2.05) is 0 Å². The van der Waals surface area contributed by atoms with Crippen molar-refractivity contribution in [3.8, 4) is 11.5 Å². The average Bonchev–Trinajstić information content (AvgIpc) is 2.69. The minimum absolute atomic E-state index is 0.343. The maximum absolute atomic E-state index is 11.1. The van der Waals surface area contributed by atoms with Gasteiger partial charge < -0.3 is 14.9 Å². The third kappa shape index (κ3) is 2.25. The van der Waals surface area contributed by atoms with Crippen LogP contribution in [0, 0.1) is 0 Å². The summed E-state index contributed by atoms with van der Waals surface area (Å²) < 4.78 is 10.5. The highest BCUT2D eigenvalue weighted by Gasteiger charge is 2.09. The highest BCUT2D eigenvalue weighted by Crippen LogP contribution is 2.31. The number of oxazole rings is 1. The highest BCUT2D eigenvalue weighted by atomic mass is 35.5. The molecular formula is C12H8ClN3O3. The molecule has 3 aromatic rings. The predicted molar refractivity (Wildman–Crippen MR) is 70.6 cm³/mol. The molecule has 0 spiro atoms. The van der Waals surface area contributed by atoms with Crippen LogP contribution in [0.15, 0.2) is 39.8 Å². The minimum Gasteiger partial charge on any atom is -0.453 e. The molecule has 0 atom stereocenters. The molecule has 96 valence electrons. The number of anilines is 1. The fraction of sp³-hybridized carbons (Fsp3) is 0. The first-order chi connectivity index (χ1) is 9.11. The second kappa shape index (κ2) is 4.33. The monoisotopic (exact) mass is 277 g/mol. The van der Waals surface area contributed by atoms with E-state index in [0.717, 1.165) is 0 Å². The Labute approximate surface area is 111 Å². The standard InChI is InChI=1S/C12H8ClN3O3/c13-6-1-7(5-15-4-6)18-10-3-9-11(2-8(10)14)19-12(17)16-9/h1-5H,14H2,(H,16,17). The maximum atomic E-state index is 11.1. The van der Waals surface area contributed by atoms with E-state index < -0.39 is 5.76 Å². The molecule has 7 heteroatoms. The summed E-state index contributed by atoms with van der Waals surface area (Å²) in [5.41, 5.74) is 7.05. The summed E-state index contributed by atoms with van der Waals surface area (Å²) in [4.78, 5) is 17.5. The van der Waals surface area contributed by atoms with Crippen molar-refractivity contribution in [1.29, 1.82) is 0 Å². The Bertz CT molecular complexity index is 809. The van der Waals surface area contributed by atoms with Gasteiger partial charge in [0.2, 0.25) is 0 Å². The number of halogens is 1. The lowest BCUT2D eigenvalue weighted by atomic mass is 10.2. The third-order valence-corrected chi connectivity index (χ3v) is 2.67. The number of fused-ring (bicyclic) bond motifs is 1. The fourth-order valence-electron chi connectivity index (χ4n) is 1.66. The zero-order valence-electron chi connectivity index (χ0n) is 9.51. The fourth-order valence-corrected chi connectivity index (χ4v) is 1.82. The van der Waals surface area contributed by atoms with Crippen molar-refractivity contribution in [2.75, 3.05) is 5.73 Å². The second-order valence-electron chi connectivity index (χ2n) is 3.84. The lowest BCUT2D eigenvalue weighted by Gasteiger charge is -2.07. The SMILES string of the molecule is Nc1cc2oc(=O)[nH]c2cc1Oc1cncc(Cl)c1. The number of hydrogen-bond acceptors (Lipinski definition) is 5. The van der Waals surface area contributed by atoms with Gasteiger partial charge in [-0.2, -0.15) is 0 Å². The van der Waals surface area contributed by atoms with E-state index in [-0.39, 0.29) is 0 Å². The molecule has 0 aliphatic carbocycles. The topological polar surface area (TPSA) is 94.1 Å². The zero-order chi connectivity index (χ0) is 13.4. The van der Waals surface area contributed by atoms with Gasteiger partial charge in [0.05, 0.1) is 22.4 Å². The Morgan fingerprint density at radius 1 is 1.32 bits per heavy atom. The lowest BCUT2D eigenvalue weighted by molar-refractivity contribution is 0.483. The number of benzene rings is 1. The van der Waals surface area contributed by atoms with E-state index in [1.165, 1.54) is 18.5 Å². The van der Waals surface area contributed by atoms with Crippen LogP contribution in [0.5, 0.6) is 11.5 Å². The van der Waals surface area contributed by atoms with E-state index >= 15 is 0 Å². The van der Waals surface area contributed by atoms with Crippen LogP contribution in [0.1, 0.15) is 0 Å². The van der Waals surface area contributed by atoms with Crippen LogP contribution < -0.4 is 16.2 Å². The van der Waals surface area contributed by atoms with Gasteiger partial charge in [-0.1, -0.05) is 11.6 Å². The molecule has 3 rings (SSSR count). The number of nitrogens with one attached hydrogen (secondary N) is 1. The molecule has 0 aliphatic rings. The summed E-state index contributed by atoms with van der Waals surface area (Å²) in [6.45, 7) is 0. The molecular weight excluding hydrogens is 270 g/mol. The third-order valence-electron chi connectivity index (χ3n) is 2.46. The summed E-state index contributed by atoms with van der Waals surface area (Å²) in [5.74, 6) is 0.286. The van der Waals surface area contributed by atoms with E-state index in [2.05, 4.69) is 9.97 Å². The largest absolute Gasteiger partial charge is 0.453 e. The van der Waals surface area contributed by atoms with Crippen molar-refractivity contribution in [3.05, 3.63) is 46.2 Å². The Morgan fingerprint density at radius 2 is 2.16 bits per heavy atom. The molecule has 0 saturated carbocycles. The van der Waals surface area contributed by atoms with Crippen LogP contribution in [-0.4, -0.2) is 9.97 Å². The van der Waals surface area contributed by atoms with Gasteiger partial charge in [-0.15, -0.1) is 0 Å². The number of nitrogens with two attached hydrogens (primary N) is 1. The molecule has 0 unspecified atom stereocenters. The van der Waals surface area contributed by atoms with Gasteiger partial charge in [0.25, 0.3) is 0 Å². The normalized spacial score (nSPS) is 10.8. The van der Waals surface area contributed by atoms with E-state index in [1.54, 1.807) is 12.1 Å². The number of nitrogens with zero attached hydrogens (tertiary/aromatic N) is 1. The van der Waals surface area contributed by atoms with Gasteiger partial charge in [-0.3, -0.25) is 9.97 Å². The molecule has 2 aromatic heterocycles. The Morgan fingerprint density at radius 3 is 2.95 bits per heavy atom. The first-order valence-electron chi connectivity index (χ1n) is 5.32. The average molecular weight is 278 g/mol. The molecule has 0 saturated heterocycles. The zero-order valence-corrected chi connectivity index (χ0v) is 10.3. The van der Waals surface area contributed by atoms with Gasteiger partial charge >= 0.3 is 5.76 Å². The van der Waals surface area contributed by atoms with E-state index in [4.69, 9.17) is 26.5 Å². The Balaban J connectivity index is 2.04. The minimum atomic E-state index is -0.545. The molecule has 0 aliphatic heterocycles. The summed E-state index contributed by atoms with van der Waals surface area (Å²) in [7, 11) is 0. The van der Waals surface area contributed by atoms with Crippen LogP contribution in [0.4, 0.5) is 5.69 Å². The smallest absolute Gasteiger partial charge is 0.417 e. The summed E-state index contributed by atoms with van der Waals surface area (Å²) >= 11 is 5.81. The second-order valence-corrected chi connectivity index (χ2v) is 4.28. The summed E-state index contributed by atoms with van der Waals surface area (Å²) in [6.07, 6.45) is 3.00. The molecule has 0 radical (unpaired) electrons. The molecule has 0 bridgehead atoms. The number of aromatic amines is 1. The Hall–Kier alpha value is -2.47. The summed E-state index contributed by atoms with van der Waals surface area (Å²) in [6, 6.07) is 4.70. The van der Waals surface area contributed by atoms with Crippen LogP contribution >= 0.6 is 11.6 Å². The van der Waals surface area contributed by atoms with Gasteiger partial charge in [-0.05, 0) is 0 Å². The number of rotatable bonds is 2. The first-order valence-corrected chi connectivity index (χ1v) is 5.70. The van der Waals surface area contributed by atoms with Crippen molar-refractivity contribution >= 4 is 28.4 Å². The number of ether oxygens (including phenoxy) is 1. The molecule has 1 aromatic carbocycles. The number of hydrogen-bond donors (Lipinski definition) is 2. The number of H-pyrrole nitrogens is 1. The molecule has 0 fully saturated rings. The van der Waals surface area contributed by atoms with Crippen LogP contribution in [0.3, 0.4) is 0 Å². The quantitative estimate of drug-likeness (QED) is 0.702. The van der Waals surface area contributed by atoms with Gasteiger partial charge in [0.15, 0.2) is 11.3 Å². The predicted octanol–water partition coefficient (Wildman–Crippen LogP) is 2.54. The molecule has 3 N–H and O–H groups in total. The maximum Gasteiger partial charge on any atom is 0.417 e. The molecule has 19 heavy (non-hydrogen) atoms. The number of pyridine rings is 1. The van der Waals surface area contributed by atoms with Crippen molar-refractivity contribution in [2.45, 2.75) is 0 Å².